The van der Waals surface area contributed by atoms with Gasteiger partial charge >= 0.3 is 0 Å². The van der Waals surface area contributed by atoms with Gasteiger partial charge in [0.25, 0.3) is 5.91 Å². The summed E-state index contributed by atoms with van der Waals surface area (Å²) >= 11 is 0. The van der Waals surface area contributed by atoms with Gasteiger partial charge in [0.2, 0.25) is 0 Å². The molecule has 168 valence electrons. The van der Waals surface area contributed by atoms with Gasteiger partial charge < -0.3 is 20.3 Å². The molecule has 0 spiro atoms. The summed E-state index contributed by atoms with van der Waals surface area (Å²) in [5, 5.41) is 6.73. The van der Waals surface area contributed by atoms with Crippen LogP contribution in [-0.4, -0.2) is 68.2 Å². The predicted molar refractivity (Wildman–Crippen MR) is 124 cm³/mol. The first-order valence-corrected chi connectivity index (χ1v) is 11.2. The Morgan fingerprint density at radius 1 is 1.17 bits per heavy atom. The first-order chi connectivity index (χ1) is 14.4. The number of carbonyl (C=O) groups is 1. The van der Waals surface area contributed by atoms with Crippen molar-refractivity contribution in [2.45, 2.75) is 59.5 Å². The number of aliphatic imine (C=N–C) groups is 1. The highest BCUT2D eigenvalue weighted by atomic mass is 16.5. The van der Waals surface area contributed by atoms with Crippen LogP contribution in [0.2, 0.25) is 0 Å². The maximum Gasteiger partial charge on any atom is 0.265 e. The molecule has 0 atom stereocenters. The van der Waals surface area contributed by atoms with Crippen LogP contribution < -0.4 is 20.3 Å². The number of hydrogen-bond donors (Lipinski definition) is 2. The summed E-state index contributed by atoms with van der Waals surface area (Å²) in [7, 11) is 0. The molecule has 0 bridgehead atoms. The molecule has 0 saturated heterocycles. The fourth-order valence-corrected chi connectivity index (χ4v) is 3.74. The lowest BCUT2D eigenvalue weighted by atomic mass is 10.2. The summed E-state index contributed by atoms with van der Waals surface area (Å²) in [5.41, 5.74) is 0.850. The molecule has 0 aromatic heterocycles. The monoisotopic (exact) mass is 417 g/mol. The molecule has 1 heterocycles. The van der Waals surface area contributed by atoms with Crippen LogP contribution in [0, 0.1) is 0 Å². The molecule has 0 aliphatic carbocycles. The van der Waals surface area contributed by atoms with Gasteiger partial charge in [-0.3, -0.25) is 14.7 Å². The summed E-state index contributed by atoms with van der Waals surface area (Å²) in [6.07, 6.45) is 1.87. The van der Waals surface area contributed by atoms with E-state index in [1.165, 1.54) is 0 Å². The van der Waals surface area contributed by atoms with Gasteiger partial charge in [-0.15, -0.1) is 0 Å². The maximum absolute atomic E-state index is 12.2. The smallest absolute Gasteiger partial charge is 0.265 e. The Morgan fingerprint density at radius 3 is 2.60 bits per heavy atom. The zero-order valence-corrected chi connectivity index (χ0v) is 19.3. The second kappa shape index (κ2) is 12.4. The van der Waals surface area contributed by atoms with E-state index >= 15 is 0 Å². The molecule has 1 aliphatic heterocycles. The summed E-state index contributed by atoms with van der Waals surface area (Å²) in [6.45, 7) is 15.2. The third kappa shape index (κ3) is 7.20. The summed E-state index contributed by atoms with van der Waals surface area (Å²) in [5.74, 6) is 1.61. The lowest BCUT2D eigenvalue weighted by Crippen LogP contribution is -2.41. The van der Waals surface area contributed by atoms with E-state index < -0.39 is 0 Å². The maximum atomic E-state index is 12.2. The molecule has 7 heteroatoms. The highest BCUT2D eigenvalue weighted by Gasteiger charge is 2.24. The zero-order valence-electron chi connectivity index (χ0n) is 19.3. The Bertz CT molecular complexity index is 682. The van der Waals surface area contributed by atoms with Gasteiger partial charge in [0.15, 0.2) is 12.6 Å². The number of nitrogens with one attached hydrogen (secondary N) is 2. The number of para-hydroxylation sites is 2. The first kappa shape index (κ1) is 24.0. The number of carbonyl (C=O) groups excluding carboxylic acids is 1. The van der Waals surface area contributed by atoms with Crippen LogP contribution in [0.3, 0.4) is 0 Å². The van der Waals surface area contributed by atoms with Crippen LogP contribution >= 0.6 is 0 Å². The fourth-order valence-electron chi connectivity index (χ4n) is 3.74. The average molecular weight is 418 g/mol. The zero-order chi connectivity index (χ0) is 21.9. The van der Waals surface area contributed by atoms with Crippen molar-refractivity contribution in [3.05, 3.63) is 24.3 Å². The minimum atomic E-state index is 0.00238. The lowest BCUT2D eigenvalue weighted by molar-refractivity contribution is -0.121. The van der Waals surface area contributed by atoms with Gasteiger partial charge in [-0.1, -0.05) is 12.1 Å². The summed E-state index contributed by atoms with van der Waals surface area (Å²) < 4.78 is 5.50. The normalized spacial score (nSPS) is 14.3. The van der Waals surface area contributed by atoms with Crippen LogP contribution in [0.5, 0.6) is 5.75 Å². The van der Waals surface area contributed by atoms with E-state index in [9.17, 15) is 4.79 Å². The average Bonchev–Trinajstić information content (AvgIpc) is 2.71. The van der Waals surface area contributed by atoms with Gasteiger partial charge in [0.1, 0.15) is 5.75 Å². The molecule has 0 unspecified atom stereocenters. The number of amides is 1. The first-order valence-electron chi connectivity index (χ1n) is 11.2. The van der Waals surface area contributed by atoms with Crippen LogP contribution in [-0.2, 0) is 4.79 Å². The topological polar surface area (TPSA) is 69.2 Å². The molecule has 2 N–H and O–H groups in total. The van der Waals surface area contributed by atoms with Crippen LogP contribution in [0.15, 0.2) is 29.3 Å². The predicted octanol–water partition coefficient (Wildman–Crippen LogP) is 2.87. The highest BCUT2D eigenvalue weighted by Crippen LogP contribution is 2.31. The van der Waals surface area contributed by atoms with Crippen molar-refractivity contribution < 1.29 is 9.53 Å². The van der Waals surface area contributed by atoms with Crippen LogP contribution in [0.1, 0.15) is 47.5 Å². The molecule has 1 aromatic carbocycles. The Balaban J connectivity index is 1.79. The number of ether oxygens (including phenoxy) is 1. The number of benzene rings is 1. The minimum Gasteiger partial charge on any atom is -0.482 e. The number of rotatable bonds is 11. The number of nitrogens with zero attached hydrogens (tertiary/aromatic N) is 3. The van der Waals surface area contributed by atoms with E-state index in [0.717, 1.165) is 49.9 Å². The largest absolute Gasteiger partial charge is 0.482 e. The summed E-state index contributed by atoms with van der Waals surface area (Å²) in [4.78, 5) is 21.2. The fraction of sp³-hybridized carbons (Fsp3) is 0.652. The van der Waals surface area contributed by atoms with Gasteiger partial charge in [-0.05, 0) is 59.6 Å². The Hall–Kier alpha value is -2.28. The van der Waals surface area contributed by atoms with Gasteiger partial charge in [0, 0.05) is 44.8 Å². The van der Waals surface area contributed by atoms with Crippen LogP contribution in [0.4, 0.5) is 5.69 Å². The van der Waals surface area contributed by atoms with Gasteiger partial charge in [-0.25, -0.2) is 0 Å². The Labute approximate surface area is 181 Å². The number of anilines is 1. The molecular weight excluding hydrogens is 378 g/mol. The van der Waals surface area contributed by atoms with Gasteiger partial charge in [0.05, 0.1) is 5.69 Å². The second-order valence-corrected chi connectivity index (χ2v) is 8.12. The number of guanidine groups is 1. The number of fused-ring (bicyclic) bond motifs is 1. The van der Waals surface area contributed by atoms with Crippen molar-refractivity contribution in [2.75, 3.05) is 44.2 Å². The molecule has 30 heavy (non-hydrogen) atoms. The summed E-state index contributed by atoms with van der Waals surface area (Å²) in [6, 6.07) is 8.80. The lowest BCUT2D eigenvalue weighted by Gasteiger charge is -2.30. The molecular formula is C23H39N5O2. The molecule has 2 rings (SSSR count). The van der Waals surface area contributed by atoms with Crippen molar-refractivity contribution in [3.8, 4) is 5.75 Å². The van der Waals surface area contributed by atoms with Crippen LogP contribution in [0.25, 0.3) is 0 Å². The molecule has 0 saturated carbocycles. The molecule has 1 aliphatic rings. The van der Waals surface area contributed by atoms with Crippen molar-refractivity contribution in [2.24, 2.45) is 4.99 Å². The van der Waals surface area contributed by atoms with Gasteiger partial charge in [-0.2, -0.15) is 0 Å². The Kier molecular flexibility index (Phi) is 9.94. The van der Waals surface area contributed by atoms with E-state index in [0.29, 0.717) is 25.2 Å². The standard InChI is InChI=1S/C23H39N5O2/c1-6-24-23(25-13-9-15-27(18(2)3)19(4)5)26-14-10-16-28-20-11-7-8-12-21(20)30-17-22(28)29/h7-8,11-12,18-19H,6,9-10,13-17H2,1-5H3,(H2,24,25,26). The third-order valence-electron chi connectivity index (χ3n) is 5.17. The molecule has 0 radical (unpaired) electrons. The van der Waals surface area contributed by atoms with E-state index in [-0.39, 0.29) is 12.5 Å². The molecule has 1 aromatic rings. The second-order valence-electron chi connectivity index (χ2n) is 8.12. The van der Waals surface area contributed by atoms with Crippen molar-refractivity contribution in [3.63, 3.8) is 0 Å². The highest BCUT2D eigenvalue weighted by molar-refractivity contribution is 5.97. The SMILES string of the molecule is CCNC(=NCCCN1C(=O)COc2ccccc21)NCCCN(C(C)C)C(C)C. The quantitative estimate of drug-likeness (QED) is 0.329. The van der Waals surface area contributed by atoms with Crippen molar-refractivity contribution in [1.29, 1.82) is 0 Å². The number of hydrogen-bond acceptors (Lipinski definition) is 4. The third-order valence-corrected chi connectivity index (χ3v) is 5.17. The van der Waals surface area contributed by atoms with E-state index in [1.807, 2.05) is 24.3 Å². The molecule has 0 fully saturated rings. The van der Waals surface area contributed by atoms with E-state index in [2.05, 4.69) is 55.1 Å². The van der Waals surface area contributed by atoms with E-state index in [4.69, 9.17) is 4.74 Å². The molecule has 7 nitrogen and oxygen atoms in total. The molecule has 1 amide bonds. The van der Waals surface area contributed by atoms with Crippen molar-refractivity contribution >= 4 is 17.6 Å². The minimum absolute atomic E-state index is 0.00238. The van der Waals surface area contributed by atoms with Crippen molar-refractivity contribution in [1.82, 2.24) is 15.5 Å². The van der Waals surface area contributed by atoms with E-state index in [1.54, 1.807) is 4.90 Å². The Morgan fingerprint density at radius 2 is 1.90 bits per heavy atom.